The highest BCUT2D eigenvalue weighted by Crippen LogP contribution is 2.00. The molecule has 2 atom stereocenters. The van der Waals surface area contributed by atoms with Gasteiger partial charge in [0.05, 0.1) is 0 Å². The first kappa shape index (κ1) is 7.54. The highest BCUT2D eigenvalue weighted by atomic mass is 16.1. The van der Waals surface area contributed by atoms with Crippen molar-refractivity contribution in [2.75, 3.05) is 13.1 Å². The molecule has 0 aromatic rings. The molecule has 3 nitrogen and oxygen atoms in total. The molecule has 0 aromatic carbocycles. The Labute approximate surface area is 61.4 Å². The van der Waals surface area contributed by atoms with Crippen molar-refractivity contribution in [2.45, 2.75) is 25.9 Å². The molecule has 0 aromatic heterocycles. The Morgan fingerprint density at radius 1 is 1.40 bits per heavy atom. The van der Waals surface area contributed by atoms with Gasteiger partial charge in [0.15, 0.2) is 0 Å². The molecule has 0 bridgehead atoms. The van der Waals surface area contributed by atoms with E-state index in [4.69, 9.17) is 0 Å². The summed E-state index contributed by atoms with van der Waals surface area (Å²) >= 11 is 0. The molecule has 1 radical (unpaired) electrons. The maximum atomic E-state index is 10.2. The Morgan fingerprint density at radius 3 is 2.30 bits per heavy atom. The Bertz CT molecular complexity index is 117. The average Bonchev–Trinajstić information content (AvgIpc) is 1.85. The maximum Gasteiger partial charge on any atom is 0.312 e. The number of rotatable bonds is 1. The van der Waals surface area contributed by atoms with E-state index < -0.39 is 0 Å². The minimum Gasteiger partial charge on any atom is -0.331 e. The van der Waals surface area contributed by atoms with Gasteiger partial charge < -0.3 is 10.2 Å². The van der Waals surface area contributed by atoms with Gasteiger partial charge in [-0.25, -0.2) is 0 Å². The standard InChI is InChI=1S/C7H13N2O/c1-6-3-9(5-10)4-7(2)8-6/h6-8H,3-4H2,1-2H3. The van der Waals surface area contributed by atoms with E-state index in [0.717, 1.165) is 13.1 Å². The molecular weight excluding hydrogens is 128 g/mol. The van der Waals surface area contributed by atoms with Crippen LogP contribution in [-0.4, -0.2) is 36.5 Å². The summed E-state index contributed by atoms with van der Waals surface area (Å²) in [7, 11) is 0. The fourth-order valence-corrected chi connectivity index (χ4v) is 1.40. The van der Waals surface area contributed by atoms with Crippen LogP contribution in [0.3, 0.4) is 0 Å². The smallest absolute Gasteiger partial charge is 0.312 e. The molecule has 1 aliphatic rings. The summed E-state index contributed by atoms with van der Waals surface area (Å²) < 4.78 is 0. The molecular formula is C7H13N2O. The van der Waals surface area contributed by atoms with E-state index in [1.807, 2.05) is 6.41 Å². The second kappa shape index (κ2) is 3.01. The summed E-state index contributed by atoms with van der Waals surface area (Å²) in [4.78, 5) is 11.9. The SMILES string of the molecule is CC1CN([C]=O)CC(C)N1. The molecule has 1 saturated heterocycles. The predicted octanol–water partition coefficient (Wildman–Crippen LogP) is -0.264. The van der Waals surface area contributed by atoms with Crippen molar-refractivity contribution in [3.05, 3.63) is 0 Å². The molecule has 1 N–H and O–H groups in total. The minimum atomic E-state index is 0.408. The Balaban J connectivity index is 2.42. The quantitative estimate of drug-likeness (QED) is 0.545. The van der Waals surface area contributed by atoms with Gasteiger partial charge in [-0.15, -0.1) is 0 Å². The van der Waals surface area contributed by atoms with Crippen LogP contribution in [0.5, 0.6) is 0 Å². The van der Waals surface area contributed by atoms with Crippen LogP contribution in [0.4, 0.5) is 0 Å². The number of nitrogens with one attached hydrogen (secondary N) is 1. The summed E-state index contributed by atoms with van der Waals surface area (Å²) in [5, 5.41) is 3.32. The van der Waals surface area contributed by atoms with Gasteiger partial charge in [0.1, 0.15) is 0 Å². The third kappa shape index (κ3) is 1.70. The number of carbonyl (C=O) groups excluding carboxylic acids is 1. The first-order valence-corrected chi connectivity index (χ1v) is 3.61. The number of piperazine rings is 1. The highest BCUT2D eigenvalue weighted by molar-refractivity contribution is 5.48. The van der Waals surface area contributed by atoms with Crippen LogP contribution >= 0.6 is 0 Å². The first-order chi connectivity index (χ1) is 4.72. The second-order valence-electron chi connectivity index (χ2n) is 2.97. The van der Waals surface area contributed by atoms with Gasteiger partial charge in [-0.2, -0.15) is 0 Å². The lowest BCUT2D eigenvalue weighted by atomic mass is 10.2. The van der Waals surface area contributed by atoms with Gasteiger partial charge in [-0.3, -0.25) is 4.79 Å². The van der Waals surface area contributed by atoms with Gasteiger partial charge in [-0.05, 0) is 13.8 Å². The van der Waals surface area contributed by atoms with E-state index in [2.05, 4.69) is 19.2 Å². The molecule has 1 rings (SSSR count). The summed E-state index contributed by atoms with van der Waals surface area (Å²) in [5.41, 5.74) is 0. The Morgan fingerprint density at radius 2 is 1.90 bits per heavy atom. The molecule has 1 amide bonds. The lowest BCUT2D eigenvalue weighted by Crippen LogP contribution is -2.53. The lowest BCUT2D eigenvalue weighted by Gasteiger charge is -2.32. The number of hydrogen-bond donors (Lipinski definition) is 1. The summed E-state index contributed by atoms with van der Waals surface area (Å²) in [5.74, 6) is 0. The van der Waals surface area contributed by atoms with E-state index in [1.165, 1.54) is 0 Å². The molecule has 0 saturated carbocycles. The van der Waals surface area contributed by atoms with Crippen molar-refractivity contribution in [1.82, 2.24) is 10.2 Å². The van der Waals surface area contributed by atoms with Crippen molar-refractivity contribution in [2.24, 2.45) is 0 Å². The lowest BCUT2D eigenvalue weighted by molar-refractivity contribution is 0.245. The molecule has 2 unspecified atom stereocenters. The van der Waals surface area contributed by atoms with Crippen LogP contribution in [0.25, 0.3) is 0 Å². The topological polar surface area (TPSA) is 32.3 Å². The van der Waals surface area contributed by atoms with Gasteiger partial charge in [0.25, 0.3) is 0 Å². The summed E-state index contributed by atoms with van der Waals surface area (Å²) in [6.07, 6.45) is 1.91. The van der Waals surface area contributed by atoms with E-state index >= 15 is 0 Å². The largest absolute Gasteiger partial charge is 0.331 e. The van der Waals surface area contributed by atoms with Gasteiger partial charge in [-0.1, -0.05) is 0 Å². The van der Waals surface area contributed by atoms with Crippen molar-refractivity contribution in [3.63, 3.8) is 0 Å². The zero-order valence-electron chi connectivity index (χ0n) is 6.42. The predicted molar refractivity (Wildman–Crippen MR) is 39.3 cm³/mol. The Hall–Kier alpha value is -0.570. The summed E-state index contributed by atoms with van der Waals surface area (Å²) in [6, 6.07) is 0.815. The molecule has 0 aliphatic carbocycles. The third-order valence-corrected chi connectivity index (χ3v) is 1.69. The van der Waals surface area contributed by atoms with E-state index in [0.29, 0.717) is 12.1 Å². The zero-order valence-corrected chi connectivity index (χ0v) is 6.42. The van der Waals surface area contributed by atoms with Crippen LogP contribution < -0.4 is 5.32 Å². The van der Waals surface area contributed by atoms with Crippen molar-refractivity contribution in [3.8, 4) is 0 Å². The van der Waals surface area contributed by atoms with Crippen LogP contribution in [0, 0.1) is 0 Å². The van der Waals surface area contributed by atoms with Crippen LogP contribution in [-0.2, 0) is 4.79 Å². The molecule has 10 heavy (non-hydrogen) atoms. The molecule has 0 spiro atoms. The molecule has 57 valence electrons. The monoisotopic (exact) mass is 141 g/mol. The zero-order chi connectivity index (χ0) is 7.56. The highest BCUT2D eigenvalue weighted by Gasteiger charge is 2.19. The second-order valence-corrected chi connectivity index (χ2v) is 2.97. The van der Waals surface area contributed by atoms with E-state index in [1.54, 1.807) is 4.90 Å². The molecule has 1 aliphatic heterocycles. The van der Waals surface area contributed by atoms with E-state index in [-0.39, 0.29) is 0 Å². The third-order valence-electron chi connectivity index (χ3n) is 1.69. The maximum absolute atomic E-state index is 10.2. The van der Waals surface area contributed by atoms with Gasteiger partial charge in [0, 0.05) is 25.2 Å². The van der Waals surface area contributed by atoms with Gasteiger partial charge >= 0.3 is 6.41 Å². The molecule has 3 heteroatoms. The number of amides is 1. The van der Waals surface area contributed by atoms with Crippen molar-refractivity contribution >= 4 is 6.41 Å². The van der Waals surface area contributed by atoms with Crippen LogP contribution in [0.2, 0.25) is 0 Å². The molecule has 1 heterocycles. The van der Waals surface area contributed by atoms with Crippen LogP contribution in [0.15, 0.2) is 0 Å². The number of hydrogen-bond acceptors (Lipinski definition) is 2. The van der Waals surface area contributed by atoms with Crippen molar-refractivity contribution < 1.29 is 4.79 Å². The fraction of sp³-hybridized carbons (Fsp3) is 0.857. The summed E-state index contributed by atoms with van der Waals surface area (Å²) in [6.45, 7) is 5.71. The average molecular weight is 141 g/mol. The van der Waals surface area contributed by atoms with E-state index in [9.17, 15) is 4.79 Å². The van der Waals surface area contributed by atoms with Gasteiger partial charge in [0.2, 0.25) is 0 Å². The first-order valence-electron chi connectivity index (χ1n) is 3.61. The fourth-order valence-electron chi connectivity index (χ4n) is 1.40. The minimum absolute atomic E-state index is 0.408. The number of nitrogens with zero attached hydrogens (tertiary/aromatic N) is 1. The normalized spacial score (nSPS) is 34.0. The Kier molecular flexibility index (Phi) is 2.27. The van der Waals surface area contributed by atoms with Crippen LogP contribution in [0.1, 0.15) is 13.8 Å². The molecule has 1 fully saturated rings. The van der Waals surface area contributed by atoms with Crippen molar-refractivity contribution in [1.29, 1.82) is 0 Å².